The molecule has 4 rings (SSSR count). The van der Waals surface area contributed by atoms with E-state index in [0.29, 0.717) is 52.9 Å². The van der Waals surface area contributed by atoms with E-state index < -0.39 is 0 Å². The third-order valence-corrected chi connectivity index (χ3v) is 15.6. The monoisotopic (exact) mass is 1180 g/mol. The van der Waals surface area contributed by atoms with Crippen LogP contribution in [0.2, 0.25) is 0 Å². The number of benzene rings is 4. The number of rotatable bonds is 54. The molecule has 4 aromatic carbocycles. The minimum Gasteiger partial charge on any atom is -0.494 e. The minimum absolute atomic E-state index is 0.623. The zero-order chi connectivity index (χ0) is 61.3. The van der Waals surface area contributed by atoms with Crippen molar-refractivity contribution in [2.75, 3.05) is 52.9 Å². The Balaban J connectivity index is 1.89. The largest absolute Gasteiger partial charge is 0.494 e. The predicted molar refractivity (Wildman–Crippen MR) is 370 cm³/mol. The molecular weight excluding hydrogens is 1060 g/mol. The SMILES string of the molecule is CCCCCCOc1ccc(OCCCCCC)c(/C=C/c2cc(OCCCCCC)c(/C=C/c3cc(OCCCCCC)c(/C=C/c4cc(OCCCCCC)ccc4OCCCCCC)cc3OCCCCCC)cc2OCCCCCC)c1. The lowest BCUT2D eigenvalue weighted by Crippen LogP contribution is -2.03. The van der Waals surface area contributed by atoms with Crippen LogP contribution < -0.4 is 37.9 Å². The Kier molecular flexibility index (Phi) is 41.2. The standard InChI is InChI=1S/C78H120O8/c1-9-17-25-33-51-79-71-47-49-73(81-53-35-27-19-11-3)65(59-71)41-43-67-61-77(85-57-39-31-23-15-7)69(63-75(67)83-55-37-29-21-13-5)45-46-70-64-76(84-56-38-30-22-14-6)68(62-78(70)86-58-40-32-24-16-8)44-42-66-60-72(80-52-34-26-18-10-2)48-50-74(66)82-54-36-28-20-12-4/h41-50,59-64H,9-40,51-58H2,1-8H3/b43-41+,44-42+,46-45+. The van der Waals surface area contributed by atoms with Crippen molar-refractivity contribution in [1.29, 1.82) is 0 Å². The molecule has 0 radical (unpaired) electrons. The zero-order valence-electron chi connectivity index (χ0n) is 55.8. The van der Waals surface area contributed by atoms with Crippen LogP contribution in [0.4, 0.5) is 0 Å². The average Bonchev–Trinajstić information content (AvgIpc) is 1.86. The molecule has 86 heavy (non-hydrogen) atoms. The third-order valence-electron chi connectivity index (χ3n) is 15.6. The highest BCUT2D eigenvalue weighted by Crippen LogP contribution is 2.38. The molecule has 0 saturated heterocycles. The Hall–Kier alpha value is -5.50. The van der Waals surface area contributed by atoms with E-state index in [0.717, 1.165) is 169 Å². The maximum absolute atomic E-state index is 6.84. The summed E-state index contributed by atoms with van der Waals surface area (Å²) >= 11 is 0. The van der Waals surface area contributed by atoms with Crippen LogP contribution in [-0.4, -0.2) is 52.9 Å². The van der Waals surface area contributed by atoms with Crippen molar-refractivity contribution in [3.05, 3.63) is 94.0 Å². The number of hydrogen-bond donors (Lipinski definition) is 0. The Morgan fingerprint density at radius 1 is 0.198 bits per heavy atom. The Labute approximate surface area is 525 Å². The van der Waals surface area contributed by atoms with E-state index in [9.17, 15) is 0 Å². The second kappa shape index (κ2) is 48.5. The van der Waals surface area contributed by atoms with Gasteiger partial charge in [0.05, 0.1) is 52.9 Å². The second-order valence-corrected chi connectivity index (χ2v) is 23.5. The Morgan fingerprint density at radius 2 is 0.384 bits per heavy atom. The highest BCUT2D eigenvalue weighted by Gasteiger charge is 2.16. The number of ether oxygens (including phenoxy) is 8. The highest BCUT2D eigenvalue weighted by molar-refractivity contribution is 5.83. The van der Waals surface area contributed by atoms with Gasteiger partial charge in [-0.25, -0.2) is 0 Å². The molecule has 8 heteroatoms. The van der Waals surface area contributed by atoms with Crippen LogP contribution in [0.1, 0.15) is 294 Å². The lowest BCUT2D eigenvalue weighted by atomic mass is 10.0. The van der Waals surface area contributed by atoms with Gasteiger partial charge in [-0.2, -0.15) is 0 Å². The van der Waals surface area contributed by atoms with Gasteiger partial charge >= 0.3 is 0 Å². The van der Waals surface area contributed by atoms with E-state index in [-0.39, 0.29) is 0 Å². The maximum Gasteiger partial charge on any atom is 0.127 e. The van der Waals surface area contributed by atoms with Crippen LogP contribution in [0, 0.1) is 0 Å². The second-order valence-electron chi connectivity index (χ2n) is 23.5. The molecule has 0 N–H and O–H groups in total. The molecule has 0 aliphatic heterocycles. The van der Waals surface area contributed by atoms with Crippen LogP contribution in [0.25, 0.3) is 36.5 Å². The fourth-order valence-corrected chi connectivity index (χ4v) is 10.2. The summed E-state index contributed by atoms with van der Waals surface area (Å²) in [5, 5.41) is 0. The summed E-state index contributed by atoms with van der Waals surface area (Å²) in [6.07, 6.45) is 49.3. The van der Waals surface area contributed by atoms with Crippen molar-refractivity contribution >= 4 is 36.5 Å². The zero-order valence-corrected chi connectivity index (χ0v) is 55.8. The molecule has 0 aromatic heterocycles. The Morgan fingerprint density at radius 3 is 0.593 bits per heavy atom. The summed E-state index contributed by atoms with van der Waals surface area (Å²) in [6.45, 7) is 23.3. The average molecular weight is 1190 g/mol. The first-order chi connectivity index (χ1) is 42.4. The number of unbranched alkanes of at least 4 members (excludes halogenated alkanes) is 24. The van der Waals surface area contributed by atoms with Crippen molar-refractivity contribution in [3.63, 3.8) is 0 Å². The van der Waals surface area contributed by atoms with Crippen molar-refractivity contribution in [2.45, 2.75) is 261 Å². The summed E-state index contributed by atoms with van der Waals surface area (Å²) in [6, 6.07) is 21.2. The van der Waals surface area contributed by atoms with E-state index >= 15 is 0 Å². The van der Waals surface area contributed by atoms with Gasteiger partial charge in [0.25, 0.3) is 0 Å². The smallest absolute Gasteiger partial charge is 0.127 e. The fourth-order valence-electron chi connectivity index (χ4n) is 10.2. The molecule has 8 nitrogen and oxygen atoms in total. The molecule has 0 saturated carbocycles. The van der Waals surface area contributed by atoms with Gasteiger partial charge in [0.2, 0.25) is 0 Å². The third kappa shape index (κ3) is 30.9. The molecule has 0 spiro atoms. The van der Waals surface area contributed by atoms with E-state index in [4.69, 9.17) is 37.9 Å². The van der Waals surface area contributed by atoms with Gasteiger partial charge in [-0.05, 0) is 112 Å². The van der Waals surface area contributed by atoms with Gasteiger partial charge in [0.1, 0.15) is 46.0 Å². The van der Waals surface area contributed by atoms with Crippen LogP contribution in [0.5, 0.6) is 46.0 Å². The molecule has 0 fully saturated rings. The van der Waals surface area contributed by atoms with Crippen molar-refractivity contribution < 1.29 is 37.9 Å². The van der Waals surface area contributed by atoms with Crippen LogP contribution in [-0.2, 0) is 0 Å². The first-order valence-corrected chi connectivity index (χ1v) is 35.1. The van der Waals surface area contributed by atoms with Crippen molar-refractivity contribution in [3.8, 4) is 46.0 Å². The summed E-state index contributed by atoms with van der Waals surface area (Å²) in [5.41, 5.74) is 5.79. The summed E-state index contributed by atoms with van der Waals surface area (Å²) in [5.74, 6) is 6.71. The first kappa shape index (κ1) is 73.0. The Bertz CT molecular complexity index is 2270. The normalized spacial score (nSPS) is 11.6. The summed E-state index contributed by atoms with van der Waals surface area (Å²) < 4.78 is 53.0. The van der Waals surface area contributed by atoms with Gasteiger partial charge < -0.3 is 37.9 Å². The van der Waals surface area contributed by atoms with Crippen molar-refractivity contribution in [1.82, 2.24) is 0 Å². The molecule has 0 amide bonds. The first-order valence-electron chi connectivity index (χ1n) is 35.1. The molecular formula is C78H120O8. The molecule has 0 atom stereocenters. The van der Waals surface area contributed by atoms with E-state index in [1.165, 1.54) is 116 Å². The summed E-state index contributed by atoms with van der Waals surface area (Å²) in [7, 11) is 0. The van der Waals surface area contributed by atoms with Crippen LogP contribution in [0.3, 0.4) is 0 Å². The molecule has 480 valence electrons. The molecule has 0 aliphatic rings. The highest BCUT2D eigenvalue weighted by atomic mass is 16.5. The quantitative estimate of drug-likeness (QED) is 0.0320. The van der Waals surface area contributed by atoms with E-state index in [2.05, 4.69) is 153 Å². The molecule has 0 unspecified atom stereocenters. The lowest BCUT2D eigenvalue weighted by molar-refractivity contribution is 0.295. The van der Waals surface area contributed by atoms with Gasteiger partial charge in [-0.1, -0.05) is 246 Å². The van der Waals surface area contributed by atoms with Gasteiger partial charge in [-0.15, -0.1) is 0 Å². The van der Waals surface area contributed by atoms with Crippen molar-refractivity contribution in [2.24, 2.45) is 0 Å². The van der Waals surface area contributed by atoms with Crippen LogP contribution >= 0.6 is 0 Å². The molecule has 0 heterocycles. The van der Waals surface area contributed by atoms with Crippen LogP contribution in [0.15, 0.2) is 60.7 Å². The van der Waals surface area contributed by atoms with E-state index in [1.807, 2.05) is 0 Å². The minimum atomic E-state index is 0.623. The molecule has 4 aromatic rings. The predicted octanol–water partition coefficient (Wildman–Crippen LogP) is 23.9. The molecule has 0 aliphatic carbocycles. The maximum atomic E-state index is 6.84. The lowest BCUT2D eigenvalue weighted by Gasteiger charge is -2.17. The van der Waals surface area contributed by atoms with E-state index in [1.54, 1.807) is 0 Å². The molecule has 0 bridgehead atoms. The summed E-state index contributed by atoms with van der Waals surface area (Å²) in [4.78, 5) is 0. The number of hydrogen-bond acceptors (Lipinski definition) is 8. The van der Waals surface area contributed by atoms with Gasteiger partial charge in [-0.3, -0.25) is 0 Å². The van der Waals surface area contributed by atoms with Gasteiger partial charge in [0.15, 0.2) is 0 Å². The fraction of sp³-hybridized carbons (Fsp3) is 0.615. The van der Waals surface area contributed by atoms with Gasteiger partial charge in [0, 0.05) is 33.4 Å². The topological polar surface area (TPSA) is 73.8 Å².